The van der Waals surface area contributed by atoms with E-state index in [0.29, 0.717) is 6.42 Å². The molecule has 0 spiro atoms. The molecule has 17 heavy (non-hydrogen) atoms. The van der Waals surface area contributed by atoms with Crippen LogP contribution in [0.1, 0.15) is 17.5 Å². The predicted octanol–water partition coefficient (Wildman–Crippen LogP) is 3.19. The molecule has 0 N–H and O–H groups in total. The smallest absolute Gasteiger partial charge is 0.417 e. The van der Waals surface area contributed by atoms with Gasteiger partial charge in [0, 0.05) is 0 Å². The zero-order valence-electron chi connectivity index (χ0n) is 8.83. The van der Waals surface area contributed by atoms with E-state index in [1.54, 1.807) is 0 Å². The third kappa shape index (κ3) is 4.30. The van der Waals surface area contributed by atoms with Gasteiger partial charge in [-0.1, -0.05) is 30.4 Å². The van der Waals surface area contributed by atoms with Crippen molar-refractivity contribution in [3.05, 3.63) is 41.5 Å². The summed E-state index contributed by atoms with van der Waals surface area (Å²) in [6, 6.07) is 5.27. The molecule has 0 bridgehead atoms. The van der Waals surface area contributed by atoms with Gasteiger partial charge in [0.1, 0.15) is 0 Å². The van der Waals surface area contributed by atoms with E-state index >= 15 is 0 Å². The summed E-state index contributed by atoms with van der Waals surface area (Å²) in [5.41, 5.74) is -0.589. The van der Waals surface area contributed by atoms with Crippen LogP contribution in [0, 0.1) is 0 Å². The molecule has 2 nitrogen and oxygen atoms in total. The average Bonchev–Trinajstić information content (AvgIpc) is 2.28. The third-order valence-corrected chi connectivity index (χ3v) is 2.01. The number of hydrogen-bond acceptors (Lipinski definition) is 2. The van der Waals surface area contributed by atoms with Crippen LogP contribution < -0.4 is 0 Å². The summed E-state index contributed by atoms with van der Waals surface area (Å²) in [5, 5.41) is 0. The lowest BCUT2D eigenvalue weighted by atomic mass is 10.1. The van der Waals surface area contributed by atoms with Crippen LogP contribution in [0.2, 0.25) is 0 Å². The van der Waals surface area contributed by atoms with Crippen molar-refractivity contribution in [1.82, 2.24) is 0 Å². The van der Waals surface area contributed by atoms with Crippen LogP contribution >= 0.6 is 0 Å². The summed E-state index contributed by atoms with van der Waals surface area (Å²) in [5.74, 6) is 0. The predicted molar refractivity (Wildman–Crippen MR) is 56.7 cm³/mol. The first-order valence-electron chi connectivity index (χ1n) is 4.87. The number of alkyl halides is 3. The lowest BCUT2D eigenvalue weighted by molar-refractivity contribution is -0.137. The Labute approximate surface area is 96.7 Å². The van der Waals surface area contributed by atoms with Crippen LogP contribution in [-0.2, 0) is 15.7 Å². The summed E-state index contributed by atoms with van der Waals surface area (Å²) < 4.78 is 42.0. The Morgan fingerprint density at radius 3 is 2.65 bits per heavy atom. The molecule has 1 rings (SSSR count). The normalized spacial score (nSPS) is 11.7. The van der Waals surface area contributed by atoms with Crippen LogP contribution in [-0.4, -0.2) is 13.1 Å². The van der Waals surface area contributed by atoms with E-state index in [1.165, 1.54) is 36.8 Å². The molecule has 5 heteroatoms. The number of ether oxygens (including phenoxy) is 1. The SMILES string of the molecule is O=[C]OCC/C=C/c1ccccc1C(F)(F)F. The molecule has 0 aliphatic carbocycles. The quantitative estimate of drug-likeness (QED) is 0.742. The lowest BCUT2D eigenvalue weighted by Crippen LogP contribution is -2.06. The Hall–Kier alpha value is -1.78. The fourth-order valence-electron chi connectivity index (χ4n) is 1.28. The number of hydrogen-bond donors (Lipinski definition) is 0. The molecule has 0 fully saturated rings. The van der Waals surface area contributed by atoms with Crippen LogP contribution in [0.4, 0.5) is 13.2 Å². The van der Waals surface area contributed by atoms with Crippen molar-refractivity contribution in [3.8, 4) is 0 Å². The molecule has 0 aromatic heterocycles. The molecule has 0 saturated heterocycles. The highest BCUT2D eigenvalue weighted by molar-refractivity contribution is 5.54. The molecule has 1 aromatic rings. The summed E-state index contributed by atoms with van der Waals surface area (Å²) in [7, 11) is 0. The van der Waals surface area contributed by atoms with E-state index in [1.807, 2.05) is 0 Å². The molecule has 1 aromatic carbocycles. The molecule has 0 atom stereocenters. The zero-order valence-corrected chi connectivity index (χ0v) is 8.83. The fraction of sp³-hybridized carbons (Fsp3) is 0.250. The van der Waals surface area contributed by atoms with Gasteiger partial charge < -0.3 is 4.74 Å². The number of rotatable bonds is 5. The van der Waals surface area contributed by atoms with E-state index < -0.39 is 11.7 Å². The Kier molecular flexibility index (Phi) is 4.75. The van der Waals surface area contributed by atoms with Gasteiger partial charge >= 0.3 is 12.6 Å². The van der Waals surface area contributed by atoms with Crippen molar-refractivity contribution in [2.75, 3.05) is 6.61 Å². The van der Waals surface area contributed by atoms with Gasteiger partial charge in [-0.3, -0.25) is 0 Å². The van der Waals surface area contributed by atoms with Crippen molar-refractivity contribution in [1.29, 1.82) is 0 Å². The van der Waals surface area contributed by atoms with Crippen molar-refractivity contribution < 1.29 is 22.7 Å². The van der Waals surface area contributed by atoms with Gasteiger partial charge in [0.2, 0.25) is 0 Å². The second-order valence-corrected chi connectivity index (χ2v) is 3.21. The van der Waals surface area contributed by atoms with E-state index in [0.717, 1.165) is 6.07 Å². The molecule has 0 unspecified atom stereocenters. The van der Waals surface area contributed by atoms with Gasteiger partial charge in [0.15, 0.2) is 0 Å². The van der Waals surface area contributed by atoms with E-state index in [9.17, 15) is 18.0 Å². The molecule has 1 radical (unpaired) electrons. The molecule has 0 saturated carbocycles. The minimum Gasteiger partial charge on any atom is -0.457 e. The van der Waals surface area contributed by atoms with Gasteiger partial charge in [-0.25, -0.2) is 4.79 Å². The van der Waals surface area contributed by atoms with E-state index in [-0.39, 0.29) is 12.2 Å². The number of halogens is 3. The monoisotopic (exact) mass is 243 g/mol. The minimum absolute atomic E-state index is 0.0927. The number of carbonyl (C=O) groups excluding carboxylic acids is 1. The highest BCUT2D eigenvalue weighted by Crippen LogP contribution is 2.32. The topological polar surface area (TPSA) is 26.3 Å². The van der Waals surface area contributed by atoms with Gasteiger partial charge in [-0.15, -0.1) is 0 Å². The summed E-state index contributed by atoms with van der Waals surface area (Å²) in [6.45, 7) is 1.34. The van der Waals surface area contributed by atoms with Gasteiger partial charge in [0.05, 0.1) is 12.2 Å². The minimum atomic E-state index is -4.37. The molecular formula is C12H10F3O2. The van der Waals surface area contributed by atoms with Crippen molar-refractivity contribution in [2.24, 2.45) is 0 Å². The highest BCUT2D eigenvalue weighted by atomic mass is 19.4. The molecule has 0 heterocycles. The second kappa shape index (κ2) is 6.08. The van der Waals surface area contributed by atoms with Gasteiger partial charge in [0.25, 0.3) is 0 Å². The van der Waals surface area contributed by atoms with Crippen LogP contribution in [0.5, 0.6) is 0 Å². The maximum Gasteiger partial charge on any atom is 0.417 e. The largest absolute Gasteiger partial charge is 0.457 e. The first-order chi connectivity index (χ1) is 8.05. The number of benzene rings is 1. The standard InChI is InChI=1S/C12H10F3O2/c13-12(14,15)11-7-2-1-5-10(11)6-3-4-8-17-9-16/h1-3,5-7H,4,8H2/b6-3+. The highest BCUT2D eigenvalue weighted by Gasteiger charge is 2.32. The Morgan fingerprint density at radius 2 is 2.00 bits per heavy atom. The maximum atomic E-state index is 12.6. The first kappa shape index (κ1) is 13.3. The second-order valence-electron chi connectivity index (χ2n) is 3.21. The summed E-state index contributed by atoms with van der Waals surface area (Å²) in [4.78, 5) is 9.70. The fourth-order valence-corrected chi connectivity index (χ4v) is 1.28. The van der Waals surface area contributed by atoms with Gasteiger partial charge in [-0.2, -0.15) is 13.2 Å². The molecule has 0 aliphatic heterocycles. The third-order valence-electron chi connectivity index (χ3n) is 2.01. The Bertz CT molecular complexity index is 397. The van der Waals surface area contributed by atoms with Crippen molar-refractivity contribution in [2.45, 2.75) is 12.6 Å². The lowest BCUT2D eigenvalue weighted by Gasteiger charge is -2.09. The van der Waals surface area contributed by atoms with Crippen LogP contribution in [0.3, 0.4) is 0 Å². The van der Waals surface area contributed by atoms with Crippen LogP contribution in [0.15, 0.2) is 30.3 Å². The van der Waals surface area contributed by atoms with Crippen molar-refractivity contribution >= 4 is 12.5 Å². The zero-order chi connectivity index (χ0) is 12.7. The molecule has 0 amide bonds. The van der Waals surface area contributed by atoms with E-state index in [4.69, 9.17) is 0 Å². The molecule has 0 aliphatic rings. The first-order valence-corrected chi connectivity index (χ1v) is 4.87. The average molecular weight is 243 g/mol. The Balaban J connectivity index is 2.74. The molecule has 91 valence electrons. The molecular weight excluding hydrogens is 233 g/mol. The maximum absolute atomic E-state index is 12.6. The van der Waals surface area contributed by atoms with Crippen molar-refractivity contribution in [3.63, 3.8) is 0 Å². The van der Waals surface area contributed by atoms with E-state index in [2.05, 4.69) is 4.74 Å². The summed E-state index contributed by atoms with van der Waals surface area (Å²) >= 11 is 0. The summed E-state index contributed by atoms with van der Waals surface area (Å²) in [6.07, 6.45) is -1.14. The Morgan fingerprint density at radius 1 is 1.29 bits per heavy atom. The van der Waals surface area contributed by atoms with Gasteiger partial charge in [-0.05, 0) is 18.1 Å². The van der Waals surface area contributed by atoms with Crippen LogP contribution in [0.25, 0.3) is 6.08 Å².